The first-order chi connectivity index (χ1) is 14.6. The van der Waals surface area contributed by atoms with Crippen molar-refractivity contribution >= 4 is 23.5 Å². The molecular formula is C22H23NO7. The molecule has 0 N–H and O–H groups in total. The van der Waals surface area contributed by atoms with Crippen molar-refractivity contribution in [3.63, 3.8) is 0 Å². The molecule has 2 aromatic carbocycles. The third-order valence-corrected chi connectivity index (χ3v) is 4.27. The summed E-state index contributed by atoms with van der Waals surface area (Å²) < 4.78 is 21.0. The van der Waals surface area contributed by atoms with Crippen LogP contribution in [-0.2, 0) is 30.3 Å². The van der Waals surface area contributed by atoms with Gasteiger partial charge in [0.05, 0.1) is 13.0 Å². The minimum atomic E-state index is -0.566. The van der Waals surface area contributed by atoms with Gasteiger partial charge in [-0.25, -0.2) is 0 Å². The number of amides is 1. The van der Waals surface area contributed by atoms with Crippen LogP contribution in [0.5, 0.6) is 11.5 Å². The standard InChI is InChI=1S/C22H23NO7/c1-2-27-22(26)14-23(17-6-4-3-5-7-17)20(24)15-30-21(25)13-16-8-9-18-19(12-16)29-11-10-28-18/h3-9,12H,2,10-11,13-15H2,1H3. The van der Waals surface area contributed by atoms with Crippen LogP contribution < -0.4 is 14.4 Å². The van der Waals surface area contributed by atoms with Crippen LogP contribution in [0, 0.1) is 0 Å². The molecule has 0 spiro atoms. The zero-order chi connectivity index (χ0) is 21.3. The molecule has 1 aliphatic rings. The predicted octanol–water partition coefficient (Wildman–Crippen LogP) is 2.14. The SMILES string of the molecule is CCOC(=O)CN(C(=O)COC(=O)Cc1ccc2c(c1)OCCO2)c1ccccc1. The zero-order valence-corrected chi connectivity index (χ0v) is 16.7. The zero-order valence-electron chi connectivity index (χ0n) is 16.7. The van der Waals surface area contributed by atoms with E-state index < -0.39 is 24.5 Å². The molecule has 30 heavy (non-hydrogen) atoms. The van der Waals surface area contributed by atoms with E-state index in [9.17, 15) is 14.4 Å². The van der Waals surface area contributed by atoms with Gasteiger partial charge in [0, 0.05) is 5.69 Å². The fourth-order valence-corrected chi connectivity index (χ4v) is 2.90. The van der Waals surface area contributed by atoms with Gasteiger partial charge < -0.3 is 18.9 Å². The van der Waals surface area contributed by atoms with Crippen LogP contribution in [0.15, 0.2) is 48.5 Å². The van der Waals surface area contributed by atoms with Crippen molar-refractivity contribution in [3.05, 3.63) is 54.1 Å². The minimum Gasteiger partial charge on any atom is -0.486 e. The van der Waals surface area contributed by atoms with Gasteiger partial charge >= 0.3 is 11.9 Å². The Balaban J connectivity index is 1.58. The van der Waals surface area contributed by atoms with Crippen LogP contribution >= 0.6 is 0 Å². The van der Waals surface area contributed by atoms with E-state index in [1.807, 2.05) is 0 Å². The normalized spacial score (nSPS) is 12.0. The predicted molar refractivity (Wildman–Crippen MR) is 108 cm³/mol. The molecule has 0 bridgehead atoms. The van der Waals surface area contributed by atoms with E-state index in [0.717, 1.165) is 0 Å². The van der Waals surface area contributed by atoms with Crippen molar-refractivity contribution in [1.82, 2.24) is 0 Å². The van der Waals surface area contributed by atoms with Crippen LogP contribution in [0.4, 0.5) is 5.69 Å². The highest BCUT2D eigenvalue weighted by Gasteiger charge is 2.21. The lowest BCUT2D eigenvalue weighted by Crippen LogP contribution is -2.39. The third-order valence-electron chi connectivity index (χ3n) is 4.27. The number of esters is 2. The van der Waals surface area contributed by atoms with Gasteiger partial charge in [0.1, 0.15) is 19.8 Å². The highest BCUT2D eigenvalue weighted by molar-refractivity contribution is 5.99. The first-order valence-electron chi connectivity index (χ1n) is 9.62. The van der Waals surface area contributed by atoms with Gasteiger partial charge in [-0.05, 0) is 36.8 Å². The molecule has 0 radical (unpaired) electrons. The monoisotopic (exact) mass is 413 g/mol. The number of ether oxygens (including phenoxy) is 4. The number of hydrogen-bond donors (Lipinski definition) is 0. The lowest BCUT2D eigenvalue weighted by Gasteiger charge is -2.21. The van der Waals surface area contributed by atoms with Crippen LogP contribution in [-0.4, -0.2) is 50.8 Å². The van der Waals surface area contributed by atoms with Gasteiger partial charge in [-0.3, -0.25) is 19.3 Å². The van der Waals surface area contributed by atoms with E-state index in [1.165, 1.54) is 4.90 Å². The number of fused-ring (bicyclic) bond motifs is 1. The van der Waals surface area contributed by atoms with Crippen molar-refractivity contribution in [1.29, 1.82) is 0 Å². The summed E-state index contributed by atoms with van der Waals surface area (Å²) in [6.45, 7) is 2.08. The summed E-state index contributed by atoms with van der Waals surface area (Å²) >= 11 is 0. The van der Waals surface area contributed by atoms with E-state index in [-0.39, 0.29) is 19.6 Å². The minimum absolute atomic E-state index is 0.0207. The Hall–Kier alpha value is -3.55. The van der Waals surface area contributed by atoms with Crippen LogP contribution in [0.3, 0.4) is 0 Å². The molecule has 8 heteroatoms. The molecule has 158 valence electrons. The van der Waals surface area contributed by atoms with Crippen molar-refractivity contribution < 1.29 is 33.3 Å². The maximum Gasteiger partial charge on any atom is 0.326 e. The summed E-state index contributed by atoms with van der Waals surface area (Å²) in [5.41, 5.74) is 1.20. The first kappa shape index (κ1) is 21.2. The van der Waals surface area contributed by atoms with E-state index >= 15 is 0 Å². The van der Waals surface area contributed by atoms with Gasteiger partial charge in [-0.1, -0.05) is 24.3 Å². The number of carbonyl (C=O) groups is 3. The Morgan fingerprint density at radius 1 is 0.933 bits per heavy atom. The van der Waals surface area contributed by atoms with E-state index in [0.29, 0.717) is 36.0 Å². The van der Waals surface area contributed by atoms with Crippen LogP contribution in [0.1, 0.15) is 12.5 Å². The van der Waals surface area contributed by atoms with Crippen molar-refractivity contribution in [2.24, 2.45) is 0 Å². The summed E-state index contributed by atoms with van der Waals surface area (Å²) in [5.74, 6) is -0.426. The highest BCUT2D eigenvalue weighted by Crippen LogP contribution is 2.30. The van der Waals surface area contributed by atoms with Gasteiger partial charge in [-0.15, -0.1) is 0 Å². The number of anilines is 1. The Morgan fingerprint density at radius 2 is 1.67 bits per heavy atom. The Labute approximate surface area is 174 Å². The molecule has 1 aliphatic heterocycles. The number of nitrogens with zero attached hydrogens (tertiary/aromatic N) is 1. The van der Waals surface area contributed by atoms with E-state index in [4.69, 9.17) is 18.9 Å². The molecule has 0 saturated heterocycles. The molecule has 0 atom stereocenters. The third kappa shape index (κ3) is 5.73. The Kier molecular flexibility index (Phi) is 7.26. The van der Waals surface area contributed by atoms with Crippen molar-refractivity contribution in [2.45, 2.75) is 13.3 Å². The molecule has 0 fully saturated rings. The van der Waals surface area contributed by atoms with Crippen LogP contribution in [0.25, 0.3) is 0 Å². The summed E-state index contributed by atoms with van der Waals surface area (Å²) in [5, 5.41) is 0. The number of rotatable bonds is 8. The topological polar surface area (TPSA) is 91.4 Å². The number of benzene rings is 2. The molecule has 0 aliphatic carbocycles. The maximum absolute atomic E-state index is 12.6. The van der Waals surface area contributed by atoms with Crippen molar-refractivity contribution in [2.75, 3.05) is 37.9 Å². The second kappa shape index (κ2) is 10.3. The van der Waals surface area contributed by atoms with Crippen LogP contribution in [0.2, 0.25) is 0 Å². The number of hydrogen-bond acceptors (Lipinski definition) is 7. The Morgan fingerprint density at radius 3 is 2.40 bits per heavy atom. The lowest BCUT2D eigenvalue weighted by atomic mass is 10.1. The average molecular weight is 413 g/mol. The summed E-state index contributed by atoms with van der Waals surface area (Å²) in [7, 11) is 0. The lowest BCUT2D eigenvalue weighted by molar-refractivity contribution is -0.147. The average Bonchev–Trinajstić information content (AvgIpc) is 2.76. The van der Waals surface area contributed by atoms with E-state index in [2.05, 4.69) is 0 Å². The second-order valence-electron chi connectivity index (χ2n) is 6.44. The van der Waals surface area contributed by atoms with Crippen molar-refractivity contribution in [3.8, 4) is 11.5 Å². The quantitative estimate of drug-likeness (QED) is 0.612. The molecule has 2 aromatic rings. The maximum atomic E-state index is 12.6. The molecule has 0 aromatic heterocycles. The highest BCUT2D eigenvalue weighted by atomic mass is 16.6. The molecule has 0 unspecified atom stereocenters. The van der Waals surface area contributed by atoms with Gasteiger partial charge in [0.25, 0.3) is 5.91 Å². The fraction of sp³-hybridized carbons (Fsp3) is 0.318. The molecular weight excluding hydrogens is 390 g/mol. The molecule has 1 heterocycles. The molecule has 1 amide bonds. The largest absolute Gasteiger partial charge is 0.486 e. The number of carbonyl (C=O) groups excluding carboxylic acids is 3. The second-order valence-corrected chi connectivity index (χ2v) is 6.44. The van der Waals surface area contributed by atoms with E-state index in [1.54, 1.807) is 55.5 Å². The first-order valence-corrected chi connectivity index (χ1v) is 9.62. The van der Waals surface area contributed by atoms with Gasteiger partial charge in [-0.2, -0.15) is 0 Å². The molecule has 0 saturated carbocycles. The number of para-hydroxylation sites is 1. The summed E-state index contributed by atoms with van der Waals surface area (Å²) in [4.78, 5) is 38.0. The smallest absolute Gasteiger partial charge is 0.326 e. The molecule has 8 nitrogen and oxygen atoms in total. The summed E-state index contributed by atoms with van der Waals surface area (Å²) in [6, 6.07) is 13.9. The summed E-state index contributed by atoms with van der Waals surface area (Å²) in [6.07, 6.45) is -0.0207. The Bertz CT molecular complexity index is 898. The van der Waals surface area contributed by atoms with Gasteiger partial charge in [0.2, 0.25) is 0 Å². The molecule has 3 rings (SSSR count). The fourth-order valence-electron chi connectivity index (χ4n) is 2.90. The van der Waals surface area contributed by atoms with Gasteiger partial charge in [0.15, 0.2) is 18.1 Å².